The van der Waals surface area contributed by atoms with E-state index in [0.29, 0.717) is 53.6 Å². The summed E-state index contributed by atoms with van der Waals surface area (Å²) in [5, 5.41) is 15.4. The SMILES string of the molecule is CCOc1cc(C(=O)NCc2nnc(SCC(=O)Nc3cc(C)ccc3C)n2-c2cccc(C)c2C)cc(OCC)c1OCC. The van der Waals surface area contributed by atoms with Crippen molar-refractivity contribution < 1.29 is 23.8 Å². The summed E-state index contributed by atoms with van der Waals surface area (Å²) >= 11 is 1.28. The Balaban J connectivity index is 1.59. The number of nitrogens with one attached hydrogen (secondary N) is 2. The summed E-state index contributed by atoms with van der Waals surface area (Å²) in [6.07, 6.45) is 0. The van der Waals surface area contributed by atoms with E-state index in [4.69, 9.17) is 14.2 Å². The van der Waals surface area contributed by atoms with Gasteiger partial charge < -0.3 is 24.8 Å². The topological polar surface area (TPSA) is 117 Å². The van der Waals surface area contributed by atoms with Crippen LogP contribution in [0.3, 0.4) is 0 Å². The largest absolute Gasteiger partial charge is 0.490 e. The van der Waals surface area contributed by atoms with Crippen LogP contribution in [-0.4, -0.2) is 52.2 Å². The summed E-state index contributed by atoms with van der Waals surface area (Å²) < 4.78 is 19.2. The number of amides is 2. The minimum Gasteiger partial charge on any atom is -0.490 e. The Labute approximate surface area is 268 Å². The molecule has 0 fully saturated rings. The van der Waals surface area contributed by atoms with Crippen LogP contribution in [0.5, 0.6) is 17.2 Å². The number of anilines is 1. The molecule has 0 aliphatic rings. The predicted molar refractivity (Wildman–Crippen MR) is 177 cm³/mol. The zero-order chi connectivity index (χ0) is 32.5. The lowest BCUT2D eigenvalue weighted by Gasteiger charge is -2.17. The highest BCUT2D eigenvalue weighted by Gasteiger charge is 2.21. The molecule has 2 amide bonds. The molecule has 1 heterocycles. The molecule has 0 radical (unpaired) electrons. The summed E-state index contributed by atoms with van der Waals surface area (Å²) in [6, 6.07) is 15.2. The van der Waals surface area contributed by atoms with E-state index in [1.165, 1.54) is 11.8 Å². The number of aryl methyl sites for hydroxylation is 3. The number of carbonyl (C=O) groups excluding carboxylic acids is 2. The van der Waals surface area contributed by atoms with Gasteiger partial charge in [-0.2, -0.15) is 0 Å². The number of ether oxygens (including phenoxy) is 3. The monoisotopic (exact) mass is 631 g/mol. The van der Waals surface area contributed by atoms with Crippen molar-refractivity contribution in [3.05, 3.63) is 82.2 Å². The molecule has 0 spiro atoms. The number of nitrogens with zero attached hydrogens (tertiary/aromatic N) is 3. The minimum atomic E-state index is -0.336. The van der Waals surface area contributed by atoms with Gasteiger partial charge in [0.2, 0.25) is 11.7 Å². The van der Waals surface area contributed by atoms with Gasteiger partial charge in [0.1, 0.15) is 0 Å². The maximum absolute atomic E-state index is 13.4. The van der Waals surface area contributed by atoms with Gasteiger partial charge in [0, 0.05) is 11.3 Å². The zero-order valence-electron chi connectivity index (χ0n) is 26.9. The van der Waals surface area contributed by atoms with Gasteiger partial charge >= 0.3 is 0 Å². The van der Waals surface area contributed by atoms with Crippen molar-refractivity contribution in [2.45, 2.75) is 60.2 Å². The third kappa shape index (κ3) is 8.16. The van der Waals surface area contributed by atoms with Crippen LogP contribution in [0.25, 0.3) is 5.69 Å². The number of hydrogen-bond acceptors (Lipinski definition) is 8. The van der Waals surface area contributed by atoms with E-state index in [1.807, 2.05) is 89.4 Å². The molecular weight excluding hydrogens is 590 g/mol. The van der Waals surface area contributed by atoms with E-state index >= 15 is 0 Å². The first kappa shape index (κ1) is 33.4. The summed E-state index contributed by atoms with van der Waals surface area (Å²) in [5.74, 6) is 1.52. The van der Waals surface area contributed by atoms with Gasteiger partial charge in [0.25, 0.3) is 5.91 Å². The van der Waals surface area contributed by atoms with Crippen LogP contribution in [-0.2, 0) is 11.3 Å². The molecule has 0 bridgehead atoms. The first-order valence-corrected chi connectivity index (χ1v) is 16.0. The van der Waals surface area contributed by atoms with E-state index in [-0.39, 0.29) is 24.1 Å². The van der Waals surface area contributed by atoms with Crippen molar-refractivity contribution in [3.8, 4) is 22.9 Å². The fraction of sp³-hybridized carbons (Fsp3) is 0.353. The Hall–Kier alpha value is -4.51. The number of thioether (sulfide) groups is 1. The quantitative estimate of drug-likeness (QED) is 0.155. The maximum Gasteiger partial charge on any atom is 0.251 e. The molecule has 1 aromatic heterocycles. The van der Waals surface area contributed by atoms with Crippen LogP contribution < -0.4 is 24.8 Å². The van der Waals surface area contributed by atoms with Crippen molar-refractivity contribution in [1.29, 1.82) is 0 Å². The van der Waals surface area contributed by atoms with Crippen molar-refractivity contribution in [3.63, 3.8) is 0 Å². The molecule has 2 N–H and O–H groups in total. The summed E-state index contributed by atoms with van der Waals surface area (Å²) in [4.78, 5) is 26.4. The van der Waals surface area contributed by atoms with Crippen LogP contribution in [0.15, 0.2) is 53.7 Å². The van der Waals surface area contributed by atoms with E-state index in [2.05, 4.69) is 20.8 Å². The standard InChI is InChI=1S/C34H41N5O5S/c1-8-42-28-17-25(18-29(43-9-2)32(28)44-10-3)33(41)35-19-30-37-38-34(39(30)27-13-11-12-22(5)24(27)7)45-20-31(40)36-26-16-21(4)14-15-23(26)6/h11-18H,8-10,19-20H2,1-7H3,(H,35,41)(H,36,40). The molecular formula is C34H41N5O5S. The molecule has 0 atom stereocenters. The highest BCUT2D eigenvalue weighted by Crippen LogP contribution is 2.39. The molecule has 10 nitrogen and oxygen atoms in total. The van der Waals surface area contributed by atoms with Crippen LogP contribution in [0.2, 0.25) is 0 Å². The second-order valence-corrected chi connectivity index (χ2v) is 11.3. The molecule has 0 saturated carbocycles. The van der Waals surface area contributed by atoms with Crippen LogP contribution in [0.1, 0.15) is 59.2 Å². The second kappa shape index (κ2) is 15.5. The number of carbonyl (C=O) groups is 2. The number of aromatic nitrogens is 3. The lowest BCUT2D eigenvalue weighted by atomic mass is 10.1. The first-order chi connectivity index (χ1) is 21.7. The molecule has 0 saturated heterocycles. The van der Waals surface area contributed by atoms with Gasteiger partial charge in [0.15, 0.2) is 22.5 Å². The average Bonchev–Trinajstić information content (AvgIpc) is 3.42. The molecule has 0 unspecified atom stereocenters. The molecule has 238 valence electrons. The van der Waals surface area contributed by atoms with E-state index in [1.54, 1.807) is 12.1 Å². The Morgan fingerprint density at radius 3 is 2.20 bits per heavy atom. The molecule has 45 heavy (non-hydrogen) atoms. The fourth-order valence-corrected chi connectivity index (χ4v) is 5.46. The van der Waals surface area contributed by atoms with E-state index in [0.717, 1.165) is 33.6 Å². The summed E-state index contributed by atoms with van der Waals surface area (Å²) in [6.45, 7) is 14.9. The van der Waals surface area contributed by atoms with Crippen molar-refractivity contribution in [1.82, 2.24) is 20.1 Å². The van der Waals surface area contributed by atoms with Gasteiger partial charge in [-0.05, 0) is 95.0 Å². The highest BCUT2D eigenvalue weighted by molar-refractivity contribution is 7.99. The summed E-state index contributed by atoms with van der Waals surface area (Å²) in [7, 11) is 0. The van der Waals surface area contributed by atoms with Gasteiger partial charge in [0.05, 0.1) is 37.8 Å². The number of rotatable bonds is 14. The Morgan fingerprint density at radius 2 is 1.53 bits per heavy atom. The lowest BCUT2D eigenvalue weighted by Crippen LogP contribution is -2.25. The Kier molecular flexibility index (Phi) is 11.5. The van der Waals surface area contributed by atoms with Gasteiger partial charge in [-0.3, -0.25) is 14.2 Å². The smallest absolute Gasteiger partial charge is 0.251 e. The van der Waals surface area contributed by atoms with Gasteiger partial charge in [-0.15, -0.1) is 10.2 Å². The Bertz CT molecular complexity index is 1640. The third-order valence-electron chi connectivity index (χ3n) is 7.10. The average molecular weight is 632 g/mol. The summed E-state index contributed by atoms with van der Waals surface area (Å²) in [5.41, 5.74) is 6.22. The lowest BCUT2D eigenvalue weighted by molar-refractivity contribution is -0.113. The molecule has 4 aromatic rings. The van der Waals surface area contributed by atoms with Gasteiger partial charge in [-0.1, -0.05) is 36.0 Å². The van der Waals surface area contributed by atoms with Crippen molar-refractivity contribution in [2.75, 3.05) is 30.9 Å². The van der Waals surface area contributed by atoms with E-state index in [9.17, 15) is 9.59 Å². The molecule has 0 aliphatic carbocycles. The normalized spacial score (nSPS) is 10.8. The molecule has 3 aromatic carbocycles. The van der Waals surface area contributed by atoms with Crippen LogP contribution in [0, 0.1) is 27.7 Å². The number of hydrogen-bond donors (Lipinski definition) is 2. The van der Waals surface area contributed by atoms with Crippen molar-refractivity contribution >= 4 is 29.3 Å². The zero-order valence-corrected chi connectivity index (χ0v) is 27.8. The molecule has 4 rings (SSSR count). The van der Waals surface area contributed by atoms with Crippen LogP contribution >= 0.6 is 11.8 Å². The third-order valence-corrected chi connectivity index (χ3v) is 8.02. The van der Waals surface area contributed by atoms with Gasteiger partial charge in [-0.25, -0.2) is 0 Å². The fourth-order valence-electron chi connectivity index (χ4n) is 4.70. The number of benzene rings is 3. The van der Waals surface area contributed by atoms with Crippen LogP contribution in [0.4, 0.5) is 5.69 Å². The maximum atomic E-state index is 13.4. The van der Waals surface area contributed by atoms with Crippen molar-refractivity contribution in [2.24, 2.45) is 0 Å². The minimum absolute atomic E-state index is 0.0929. The molecule has 11 heteroatoms. The predicted octanol–water partition coefficient (Wildman–Crippen LogP) is 6.36. The molecule has 0 aliphatic heterocycles. The Morgan fingerprint density at radius 1 is 0.844 bits per heavy atom. The second-order valence-electron chi connectivity index (χ2n) is 10.4. The van der Waals surface area contributed by atoms with E-state index < -0.39 is 0 Å². The first-order valence-electron chi connectivity index (χ1n) is 15.0. The highest BCUT2D eigenvalue weighted by atomic mass is 32.2.